The van der Waals surface area contributed by atoms with E-state index in [0.717, 1.165) is 15.7 Å². The number of hydrogen-bond donors (Lipinski definition) is 2. The Balaban J connectivity index is 2.68. The Morgan fingerprint density at radius 1 is 1.42 bits per heavy atom. The molecule has 0 radical (unpaired) electrons. The lowest BCUT2D eigenvalue weighted by atomic mass is 10.2. The number of methoxy groups -OCH3 is 1. The smallest absolute Gasteiger partial charge is 0.225 e. The molecule has 0 aromatic heterocycles. The first-order valence-corrected chi connectivity index (χ1v) is 7.10. The molecule has 5 heteroatoms. The lowest BCUT2D eigenvalue weighted by Gasteiger charge is -2.14. The van der Waals surface area contributed by atoms with Crippen LogP contribution in [-0.4, -0.2) is 25.6 Å². The highest BCUT2D eigenvalue weighted by molar-refractivity contribution is 9.10. The van der Waals surface area contributed by atoms with Crippen LogP contribution in [0.4, 0.5) is 5.69 Å². The first-order valence-electron chi connectivity index (χ1n) is 6.31. The van der Waals surface area contributed by atoms with Crippen LogP contribution in [-0.2, 0) is 4.79 Å². The van der Waals surface area contributed by atoms with Crippen molar-refractivity contribution in [2.75, 3.05) is 19.0 Å². The number of carbonyl (C=O) groups is 1. The van der Waals surface area contributed by atoms with Crippen molar-refractivity contribution in [2.24, 2.45) is 0 Å². The number of nitrogens with one attached hydrogen (secondary N) is 2. The molecule has 0 heterocycles. The fraction of sp³-hybridized carbons (Fsp3) is 0.500. The largest absolute Gasteiger partial charge is 0.495 e. The van der Waals surface area contributed by atoms with Gasteiger partial charge in [0.1, 0.15) is 5.75 Å². The van der Waals surface area contributed by atoms with Gasteiger partial charge in [0.15, 0.2) is 0 Å². The van der Waals surface area contributed by atoms with Crippen molar-refractivity contribution in [1.82, 2.24) is 5.32 Å². The van der Waals surface area contributed by atoms with Gasteiger partial charge in [-0.05, 0) is 24.6 Å². The predicted octanol–water partition coefficient (Wildman–Crippen LogP) is 3.09. The maximum atomic E-state index is 11.9. The SMILES string of the molecule is COc1cc(Br)cc(C)c1NC(=O)CCNC(C)C. The second-order valence-corrected chi connectivity index (χ2v) is 5.62. The van der Waals surface area contributed by atoms with Gasteiger partial charge in [-0.3, -0.25) is 4.79 Å². The van der Waals surface area contributed by atoms with Gasteiger partial charge < -0.3 is 15.4 Å². The third-order valence-corrected chi connectivity index (χ3v) is 3.11. The molecule has 0 bridgehead atoms. The Bertz CT molecular complexity index is 447. The van der Waals surface area contributed by atoms with E-state index < -0.39 is 0 Å². The van der Waals surface area contributed by atoms with Gasteiger partial charge in [-0.25, -0.2) is 0 Å². The Morgan fingerprint density at radius 2 is 2.11 bits per heavy atom. The van der Waals surface area contributed by atoms with Crippen molar-refractivity contribution in [3.05, 3.63) is 22.2 Å². The van der Waals surface area contributed by atoms with Gasteiger partial charge >= 0.3 is 0 Å². The molecule has 0 aliphatic heterocycles. The van der Waals surface area contributed by atoms with Crippen molar-refractivity contribution in [3.63, 3.8) is 0 Å². The molecule has 0 aliphatic carbocycles. The summed E-state index contributed by atoms with van der Waals surface area (Å²) < 4.78 is 6.22. The van der Waals surface area contributed by atoms with E-state index in [-0.39, 0.29) is 5.91 Å². The maximum absolute atomic E-state index is 11.9. The number of amides is 1. The Morgan fingerprint density at radius 3 is 2.68 bits per heavy atom. The highest BCUT2D eigenvalue weighted by atomic mass is 79.9. The molecule has 1 rings (SSSR count). The van der Waals surface area contributed by atoms with Gasteiger partial charge in [-0.15, -0.1) is 0 Å². The first kappa shape index (κ1) is 16.0. The van der Waals surface area contributed by atoms with Crippen LogP contribution < -0.4 is 15.4 Å². The molecule has 1 aromatic carbocycles. The van der Waals surface area contributed by atoms with Gasteiger partial charge in [-0.2, -0.15) is 0 Å². The molecule has 0 saturated heterocycles. The number of halogens is 1. The summed E-state index contributed by atoms with van der Waals surface area (Å²) in [5.74, 6) is 0.647. The molecular formula is C14H21BrN2O2. The predicted molar refractivity (Wildman–Crippen MR) is 81.8 cm³/mol. The average Bonchev–Trinajstić information content (AvgIpc) is 2.31. The van der Waals surface area contributed by atoms with Crippen molar-refractivity contribution in [1.29, 1.82) is 0 Å². The molecule has 106 valence electrons. The summed E-state index contributed by atoms with van der Waals surface area (Å²) in [5.41, 5.74) is 1.71. The molecule has 1 aromatic rings. The highest BCUT2D eigenvalue weighted by Crippen LogP contribution is 2.32. The summed E-state index contributed by atoms with van der Waals surface area (Å²) in [6.45, 7) is 6.72. The van der Waals surface area contributed by atoms with Crippen molar-refractivity contribution >= 4 is 27.5 Å². The summed E-state index contributed by atoms with van der Waals surface area (Å²) in [6.07, 6.45) is 0.441. The van der Waals surface area contributed by atoms with Crippen LogP contribution in [0.25, 0.3) is 0 Å². The topological polar surface area (TPSA) is 50.4 Å². The molecule has 0 saturated carbocycles. The van der Waals surface area contributed by atoms with E-state index in [0.29, 0.717) is 24.8 Å². The van der Waals surface area contributed by atoms with Crippen LogP contribution >= 0.6 is 15.9 Å². The quantitative estimate of drug-likeness (QED) is 0.843. The molecular weight excluding hydrogens is 308 g/mol. The first-order chi connectivity index (χ1) is 8.93. The number of ether oxygens (including phenoxy) is 1. The minimum Gasteiger partial charge on any atom is -0.495 e. The number of hydrogen-bond acceptors (Lipinski definition) is 3. The number of carbonyl (C=O) groups excluding carboxylic acids is 1. The van der Waals surface area contributed by atoms with Crippen molar-refractivity contribution in [2.45, 2.75) is 33.2 Å². The summed E-state index contributed by atoms with van der Waals surface area (Å²) in [6, 6.07) is 4.18. The molecule has 0 aliphatic rings. The Kier molecular flexibility index (Phi) is 6.31. The normalized spacial score (nSPS) is 10.6. The molecule has 2 N–H and O–H groups in total. The molecule has 0 spiro atoms. The van der Waals surface area contributed by atoms with E-state index in [2.05, 4.69) is 40.4 Å². The lowest BCUT2D eigenvalue weighted by Crippen LogP contribution is -2.27. The summed E-state index contributed by atoms with van der Waals surface area (Å²) in [5, 5.41) is 6.12. The van der Waals surface area contributed by atoms with Gasteiger partial charge in [0.2, 0.25) is 5.91 Å². The van der Waals surface area contributed by atoms with Crippen molar-refractivity contribution < 1.29 is 9.53 Å². The van der Waals surface area contributed by atoms with Crippen LogP contribution in [0, 0.1) is 6.92 Å². The molecule has 0 atom stereocenters. The zero-order valence-corrected chi connectivity index (χ0v) is 13.4. The van der Waals surface area contributed by atoms with E-state index in [9.17, 15) is 4.79 Å². The third-order valence-electron chi connectivity index (χ3n) is 2.65. The van der Waals surface area contributed by atoms with Crippen LogP contribution in [0.2, 0.25) is 0 Å². The van der Waals surface area contributed by atoms with Crippen LogP contribution in [0.15, 0.2) is 16.6 Å². The second kappa shape index (κ2) is 7.50. The van der Waals surface area contributed by atoms with Crippen molar-refractivity contribution in [3.8, 4) is 5.75 Å². The van der Waals surface area contributed by atoms with Gasteiger partial charge in [0.25, 0.3) is 0 Å². The average molecular weight is 329 g/mol. The van der Waals surface area contributed by atoms with Crippen LogP contribution in [0.1, 0.15) is 25.8 Å². The minimum absolute atomic E-state index is 0.0168. The molecule has 0 unspecified atom stereocenters. The second-order valence-electron chi connectivity index (χ2n) is 4.71. The van der Waals surface area contributed by atoms with E-state index in [1.165, 1.54) is 0 Å². The van der Waals surface area contributed by atoms with E-state index >= 15 is 0 Å². The Hall–Kier alpha value is -1.07. The third kappa shape index (κ3) is 5.20. The molecule has 1 amide bonds. The summed E-state index contributed by atoms with van der Waals surface area (Å²) in [4.78, 5) is 11.9. The number of aryl methyl sites for hydroxylation is 1. The lowest BCUT2D eigenvalue weighted by molar-refractivity contribution is -0.116. The van der Waals surface area contributed by atoms with Gasteiger partial charge in [0.05, 0.1) is 12.8 Å². The zero-order valence-electron chi connectivity index (χ0n) is 11.8. The Labute approximate surface area is 123 Å². The van der Waals surface area contributed by atoms with E-state index in [1.807, 2.05) is 19.1 Å². The van der Waals surface area contributed by atoms with E-state index in [4.69, 9.17) is 4.74 Å². The van der Waals surface area contributed by atoms with Crippen LogP contribution in [0.3, 0.4) is 0 Å². The number of anilines is 1. The minimum atomic E-state index is -0.0168. The fourth-order valence-corrected chi connectivity index (χ4v) is 2.26. The van der Waals surface area contributed by atoms with Gasteiger partial charge in [0, 0.05) is 23.5 Å². The van der Waals surface area contributed by atoms with E-state index in [1.54, 1.807) is 7.11 Å². The highest BCUT2D eigenvalue weighted by Gasteiger charge is 2.11. The van der Waals surface area contributed by atoms with Gasteiger partial charge in [-0.1, -0.05) is 29.8 Å². The molecule has 19 heavy (non-hydrogen) atoms. The fourth-order valence-electron chi connectivity index (χ4n) is 1.71. The standard InChI is InChI=1S/C14H21BrN2O2/c1-9(2)16-6-5-13(18)17-14-10(3)7-11(15)8-12(14)19-4/h7-9,16H,5-6H2,1-4H3,(H,17,18). The molecule has 4 nitrogen and oxygen atoms in total. The maximum Gasteiger partial charge on any atom is 0.225 e. The van der Waals surface area contributed by atoms with Crippen LogP contribution in [0.5, 0.6) is 5.75 Å². The number of benzene rings is 1. The summed E-state index contributed by atoms with van der Waals surface area (Å²) in [7, 11) is 1.59. The molecule has 0 fully saturated rings. The number of rotatable bonds is 6. The summed E-state index contributed by atoms with van der Waals surface area (Å²) >= 11 is 3.41. The zero-order chi connectivity index (χ0) is 14.4. The monoisotopic (exact) mass is 328 g/mol.